The van der Waals surface area contributed by atoms with Gasteiger partial charge in [0.1, 0.15) is 5.82 Å². The van der Waals surface area contributed by atoms with Crippen molar-refractivity contribution in [2.24, 2.45) is 10.8 Å². The van der Waals surface area contributed by atoms with Gasteiger partial charge in [0.05, 0.1) is 11.8 Å². The maximum absolute atomic E-state index is 5.39. The van der Waals surface area contributed by atoms with Gasteiger partial charge in [-0.25, -0.2) is 4.98 Å². The molecular weight excluding hydrogens is 372 g/mol. The largest absolute Gasteiger partial charge is 0.375 e. The summed E-state index contributed by atoms with van der Waals surface area (Å²) in [5.74, 6) is 1.53. The predicted octanol–water partition coefficient (Wildman–Crippen LogP) is 1.03. The smallest absolute Gasteiger partial charge is 0.227 e. The van der Waals surface area contributed by atoms with Crippen molar-refractivity contribution >= 4 is 35.3 Å². The minimum absolute atomic E-state index is 0.119. The molecule has 1 aromatic carbocycles. The molecule has 8 nitrogen and oxygen atoms in total. The molecule has 0 amide bonds. The molecule has 0 unspecified atom stereocenters. The van der Waals surface area contributed by atoms with Gasteiger partial charge in [-0.05, 0) is 17.8 Å². The van der Waals surface area contributed by atoms with Gasteiger partial charge in [0.15, 0.2) is 5.11 Å². The van der Waals surface area contributed by atoms with Crippen LogP contribution >= 0.6 is 12.2 Å². The lowest BCUT2D eigenvalue weighted by Crippen LogP contribution is -2.46. The summed E-state index contributed by atoms with van der Waals surface area (Å²) in [5.41, 5.74) is 10.1. The van der Waals surface area contributed by atoms with Gasteiger partial charge in [0.25, 0.3) is 0 Å². The molecule has 2 heterocycles. The van der Waals surface area contributed by atoms with Gasteiger partial charge < -0.3 is 15.5 Å². The summed E-state index contributed by atoms with van der Waals surface area (Å²) >= 11 is 4.75. The van der Waals surface area contributed by atoms with Crippen LogP contribution in [0.5, 0.6) is 0 Å². The molecule has 0 spiro atoms. The Morgan fingerprint density at radius 3 is 2.61 bits per heavy atom. The van der Waals surface area contributed by atoms with E-state index in [0.717, 1.165) is 50.1 Å². The topological polar surface area (TPSA) is 85.9 Å². The first-order chi connectivity index (χ1) is 13.5. The number of hydrogen-bond acceptors (Lipinski definition) is 7. The molecule has 3 rings (SSSR count). The van der Waals surface area contributed by atoms with Crippen LogP contribution in [0.2, 0.25) is 0 Å². The van der Waals surface area contributed by atoms with Crippen LogP contribution in [0.1, 0.15) is 11.1 Å². The fourth-order valence-electron chi connectivity index (χ4n) is 3.09. The first kappa shape index (κ1) is 20.0. The van der Waals surface area contributed by atoms with Crippen LogP contribution < -0.4 is 21.0 Å². The second-order valence-electron chi connectivity index (χ2n) is 6.83. The number of anilines is 2. The molecule has 1 fully saturated rings. The Balaban J connectivity index is 1.64. The summed E-state index contributed by atoms with van der Waals surface area (Å²) in [7, 11) is 3.89. The molecule has 0 aliphatic carbocycles. The van der Waals surface area contributed by atoms with Gasteiger partial charge >= 0.3 is 0 Å². The van der Waals surface area contributed by atoms with E-state index in [9.17, 15) is 0 Å². The third kappa shape index (κ3) is 5.37. The molecule has 9 heteroatoms. The highest BCUT2D eigenvalue weighted by Crippen LogP contribution is 2.19. The van der Waals surface area contributed by atoms with E-state index in [0.29, 0.717) is 0 Å². The molecule has 1 aliphatic rings. The lowest BCUT2D eigenvalue weighted by molar-refractivity contribution is 0.248. The molecule has 1 aromatic heterocycles. The number of nitrogens with two attached hydrogens (primary N) is 1. The van der Waals surface area contributed by atoms with Crippen LogP contribution in [0.15, 0.2) is 41.6 Å². The maximum atomic E-state index is 5.39. The first-order valence-corrected chi connectivity index (χ1v) is 9.58. The summed E-state index contributed by atoms with van der Waals surface area (Å²) in [4.78, 5) is 15.9. The van der Waals surface area contributed by atoms with Crippen LogP contribution in [-0.2, 0) is 6.54 Å². The molecule has 0 radical (unpaired) electrons. The van der Waals surface area contributed by atoms with E-state index >= 15 is 0 Å². The molecule has 0 bridgehead atoms. The van der Waals surface area contributed by atoms with E-state index in [1.165, 1.54) is 5.56 Å². The van der Waals surface area contributed by atoms with Crippen molar-refractivity contribution < 1.29 is 0 Å². The molecule has 3 N–H and O–H groups in total. The Morgan fingerprint density at radius 1 is 1.25 bits per heavy atom. The van der Waals surface area contributed by atoms with E-state index in [2.05, 4.69) is 55.6 Å². The van der Waals surface area contributed by atoms with Crippen molar-refractivity contribution in [1.82, 2.24) is 20.3 Å². The van der Waals surface area contributed by atoms with E-state index in [-0.39, 0.29) is 5.11 Å². The van der Waals surface area contributed by atoms with Crippen molar-refractivity contribution in [1.29, 1.82) is 0 Å². The Morgan fingerprint density at radius 2 is 1.96 bits per heavy atom. The second kappa shape index (κ2) is 9.43. The maximum Gasteiger partial charge on any atom is 0.227 e. The van der Waals surface area contributed by atoms with Gasteiger partial charge in [0.2, 0.25) is 5.95 Å². The van der Waals surface area contributed by atoms with Gasteiger partial charge in [-0.2, -0.15) is 10.1 Å². The number of hydrogen-bond donors (Lipinski definition) is 2. The molecule has 0 saturated carbocycles. The SMILES string of the molecule is CN(C)c1nc(N2CCN(Cc3ccccc3)CC2)ncc1/C=N/NC(N)=S. The standard InChI is InChI=1S/C19H26N8S/c1-25(2)17-16(13-22-24-18(20)28)12-21-19(23-17)27-10-8-26(9-11-27)14-15-6-4-3-5-7-15/h3-7,12-13H,8-11,14H2,1-2H3,(H3,20,24,28)/b22-13+. The summed E-state index contributed by atoms with van der Waals surface area (Å²) < 4.78 is 0. The zero-order chi connectivity index (χ0) is 19.9. The summed E-state index contributed by atoms with van der Waals surface area (Å²) in [6.07, 6.45) is 3.40. The average molecular weight is 399 g/mol. The summed E-state index contributed by atoms with van der Waals surface area (Å²) in [6.45, 7) is 4.74. The fraction of sp³-hybridized carbons (Fsp3) is 0.368. The van der Waals surface area contributed by atoms with Gasteiger partial charge in [-0.3, -0.25) is 10.3 Å². The van der Waals surface area contributed by atoms with Crippen LogP contribution in [0, 0.1) is 0 Å². The van der Waals surface area contributed by atoms with Gasteiger partial charge in [-0.1, -0.05) is 30.3 Å². The van der Waals surface area contributed by atoms with E-state index in [1.807, 2.05) is 19.0 Å². The molecule has 0 atom stereocenters. The molecule has 2 aromatic rings. The average Bonchev–Trinajstić information content (AvgIpc) is 2.69. The van der Waals surface area contributed by atoms with Crippen molar-refractivity contribution in [2.45, 2.75) is 6.54 Å². The predicted molar refractivity (Wildman–Crippen MR) is 118 cm³/mol. The number of nitrogens with zero attached hydrogens (tertiary/aromatic N) is 6. The highest BCUT2D eigenvalue weighted by Gasteiger charge is 2.20. The summed E-state index contributed by atoms with van der Waals surface area (Å²) in [5, 5.41) is 4.13. The number of thiocarbonyl (C=S) groups is 1. The fourth-order valence-corrected chi connectivity index (χ4v) is 3.14. The zero-order valence-electron chi connectivity index (χ0n) is 16.2. The van der Waals surface area contributed by atoms with Crippen LogP contribution in [-0.4, -0.2) is 66.5 Å². The minimum atomic E-state index is 0.119. The number of aromatic nitrogens is 2. The number of piperazine rings is 1. The van der Waals surface area contributed by atoms with Crippen molar-refractivity contribution in [3.8, 4) is 0 Å². The monoisotopic (exact) mass is 398 g/mol. The summed E-state index contributed by atoms with van der Waals surface area (Å²) in [6, 6.07) is 10.6. The third-order valence-electron chi connectivity index (χ3n) is 4.49. The molecule has 1 aliphatic heterocycles. The van der Waals surface area contributed by atoms with Crippen molar-refractivity contribution in [3.05, 3.63) is 47.7 Å². The van der Waals surface area contributed by atoms with Gasteiger partial charge in [-0.15, -0.1) is 0 Å². The Bertz CT molecular complexity index is 816. The Labute approximate surface area is 171 Å². The second-order valence-corrected chi connectivity index (χ2v) is 7.27. The van der Waals surface area contributed by atoms with Crippen molar-refractivity contribution in [3.63, 3.8) is 0 Å². The minimum Gasteiger partial charge on any atom is -0.375 e. The van der Waals surface area contributed by atoms with Crippen molar-refractivity contribution in [2.75, 3.05) is 50.1 Å². The zero-order valence-corrected chi connectivity index (χ0v) is 17.1. The van der Waals surface area contributed by atoms with Crippen LogP contribution in [0.25, 0.3) is 0 Å². The van der Waals surface area contributed by atoms with Crippen LogP contribution in [0.3, 0.4) is 0 Å². The third-order valence-corrected chi connectivity index (χ3v) is 4.58. The highest BCUT2D eigenvalue weighted by atomic mass is 32.1. The lowest BCUT2D eigenvalue weighted by atomic mass is 10.2. The molecular formula is C19H26N8S. The van der Waals surface area contributed by atoms with E-state index in [1.54, 1.807) is 12.4 Å². The number of rotatable bonds is 6. The number of nitrogens with one attached hydrogen (secondary N) is 1. The number of benzene rings is 1. The quantitative estimate of drug-likeness (QED) is 0.424. The van der Waals surface area contributed by atoms with E-state index in [4.69, 9.17) is 22.9 Å². The van der Waals surface area contributed by atoms with Crippen LogP contribution in [0.4, 0.5) is 11.8 Å². The highest BCUT2D eigenvalue weighted by molar-refractivity contribution is 7.80. The first-order valence-electron chi connectivity index (χ1n) is 9.17. The molecule has 148 valence electrons. The number of hydrazone groups is 1. The van der Waals surface area contributed by atoms with E-state index < -0.39 is 0 Å². The van der Waals surface area contributed by atoms with Gasteiger partial charge in [0, 0.05) is 53.0 Å². The molecule has 1 saturated heterocycles. The Hall–Kier alpha value is -2.78. The normalized spacial score (nSPS) is 15.0. The Kier molecular flexibility index (Phi) is 6.72. The lowest BCUT2D eigenvalue weighted by Gasteiger charge is -2.35. The molecule has 28 heavy (non-hydrogen) atoms.